The van der Waals surface area contributed by atoms with Gasteiger partial charge in [0.2, 0.25) is 0 Å². The summed E-state index contributed by atoms with van der Waals surface area (Å²) in [7, 11) is 3.15. The van der Waals surface area contributed by atoms with Gasteiger partial charge in [-0.15, -0.1) is 0 Å². The quantitative estimate of drug-likeness (QED) is 0.319. The average Bonchev–Trinajstić information content (AvgIpc) is 2.48. The lowest BCUT2D eigenvalue weighted by Crippen LogP contribution is -2.16. The van der Waals surface area contributed by atoms with Gasteiger partial charge >= 0.3 is 6.16 Å². The summed E-state index contributed by atoms with van der Waals surface area (Å²) < 4.78 is 34.7. The summed E-state index contributed by atoms with van der Waals surface area (Å²) in [6, 6.07) is 0. The molecule has 0 unspecified atom stereocenters. The molecule has 126 valence electrons. The van der Waals surface area contributed by atoms with Crippen LogP contribution in [0.5, 0.6) is 0 Å². The zero-order valence-electron chi connectivity index (χ0n) is 12.8. The fourth-order valence-corrected chi connectivity index (χ4v) is 1.12. The highest BCUT2D eigenvalue weighted by atomic mass is 16.7. The van der Waals surface area contributed by atoms with Crippen LogP contribution >= 0.6 is 0 Å². The van der Waals surface area contributed by atoms with E-state index in [1.807, 2.05) is 0 Å². The minimum atomic E-state index is -0.722. The van der Waals surface area contributed by atoms with Crippen LogP contribution in [-0.2, 0) is 33.2 Å². The van der Waals surface area contributed by atoms with Gasteiger partial charge in [-0.2, -0.15) is 0 Å². The number of hydrogen-bond acceptors (Lipinski definition) is 8. The van der Waals surface area contributed by atoms with Crippen molar-refractivity contribution in [2.75, 3.05) is 80.3 Å². The van der Waals surface area contributed by atoms with E-state index in [1.54, 1.807) is 7.11 Å². The molecule has 0 aliphatic rings. The van der Waals surface area contributed by atoms with Gasteiger partial charge in [0.15, 0.2) is 0 Å². The summed E-state index contributed by atoms with van der Waals surface area (Å²) in [6.07, 6.45) is -0.722. The number of hydrogen-bond donors (Lipinski definition) is 0. The summed E-state index contributed by atoms with van der Waals surface area (Å²) in [5.41, 5.74) is 0. The molecular weight excluding hydrogens is 284 g/mol. The molecule has 0 aromatic rings. The third-order valence-electron chi connectivity index (χ3n) is 2.13. The van der Waals surface area contributed by atoms with Gasteiger partial charge in [-0.1, -0.05) is 0 Å². The Balaban J connectivity index is 3.06. The fourth-order valence-electron chi connectivity index (χ4n) is 1.12. The standard InChI is InChI=1S/C13H26O8/c1-15-3-5-17-6-7-18-8-9-19-10-12-21-13(14)20-11-4-16-2/h3-12H2,1-2H3. The van der Waals surface area contributed by atoms with Crippen molar-refractivity contribution in [2.45, 2.75) is 0 Å². The number of carbonyl (C=O) groups excluding carboxylic acids is 1. The first-order valence-corrected chi connectivity index (χ1v) is 6.82. The van der Waals surface area contributed by atoms with E-state index in [0.717, 1.165) is 0 Å². The van der Waals surface area contributed by atoms with Crippen LogP contribution in [0.2, 0.25) is 0 Å². The topological polar surface area (TPSA) is 81.7 Å². The zero-order valence-corrected chi connectivity index (χ0v) is 12.8. The number of methoxy groups -OCH3 is 2. The third kappa shape index (κ3) is 17.0. The molecule has 0 amide bonds. The summed E-state index contributed by atoms with van der Waals surface area (Å²) in [4.78, 5) is 11.0. The maximum Gasteiger partial charge on any atom is 0.508 e. The molecule has 8 nitrogen and oxygen atoms in total. The van der Waals surface area contributed by atoms with Gasteiger partial charge in [0.25, 0.3) is 0 Å². The SMILES string of the molecule is COCCOCCOCCOCCOC(=O)OCCOC. The Bertz CT molecular complexity index is 224. The average molecular weight is 310 g/mol. The summed E-state index contributed by atoms with van der Waals surface area (Å²) >= 11 is 0. The van der Waals surface area contributed by atoms with Crippen LogP contribution in [0.4, 0.5) is 4.79 Å². The second-order valence-electron chi connectivity index (χ2n) is 3.77. The summed E-state index contributed by atoms with van der Waals surface area (Å²) in [5, 5.41) is 0. The molecule has 0 aromatic carbocycles. The van der Waals surface area contributed by atoms with Gasteiger partial charge in [-0.05, 0) is 0 Å². The highest BCUT2D eigenvalue weighted by Gasteiger charge is 2.02. The molecule has 0 N–H and O–H groups in total. The van der Waals surface area contributed by atoms with Crippen molar-refractivity contribution >= 4 is 6.16 Å². The molecule has 0 saturated carbocycles. The zero-order chi connectivity index (χ0) is 15.6. The van der Waals surface area contributed by atoms with Crippen LogP contribution in [0.25, 0.3) is 0 Å². The molecule has 0 radical (unpaired) electrons. The van der Waals surface area contributed by atoms with E-state index in [-0.39, 0.29) is 13.2 Å². The predicted molar refractivity (Wildman–Crippen MR) is 73.5 cm³/mol. The van der Waals surface area contributed by atoms with Crippen molar-refractivity contribution in [1.82, 2.24) is 0 Å². The molecule has 0 aliphatic heterocycles. The first kappa shape index (κ1) is 20.1. The Labute approximate surface area is 125 Å². The molecular formula is C13H26O8. The highest BCUT2D eigenvalue weighted by Crippen LogP contribution is 1.87. The number of ether oxygens (including phenoxy) is 7. The fraction of sp³-hybridized carbons (Fsp3) is 0.923. The van der Waals surface area contributed by atoms with Crippen molar-refractivity contribution in [3.8, 4) is 0 Å². The summed E-state index contributed by atoms with van der Waals surface area (Å²) in [6.45, 7) is 4.04. The van der Waals surface area contributed by atoms with Crippen molar-refractivity contribution < 1.29 is 38.0 Å². The van der Waals surface area contributed by atoms with E-state index in [9.17, 15) is 4.79 Å². The maximum absolute atomic E-state index is 11.0. The van der Waals surface area contributed by atoms with Gasteiger partial charge in [-0.3, -0.25) is 0 Å². The highest BCUT2D eigenvalue weighted by molar-refractivity contribution is 5.59. The van der Waals surface area contributed by atoms with Crippen LogP contribution in [0, 0.1) is 0 Å². The molecule has 0 aliphatic carbocycles. The Kier molecular flexibility index (Phi) is 16.4. The van der Waals surface area contributed by atoms with Crippen molar-refractivity contribution in [3.63, 3.8) is 0 Å². The van der Waals surface area contributed by atoms with E-state index < -0.39 is 6.16 Å². The molecule has 0 saturated heterocycles. The van der Waals surface area contributed by atoms with Gasteiger partial charge in [0, 0.05) is 14.2 Å². The Morgan fingerprint density at radius 3 is 1.38 bits per heavy atom. The Morgan fingerprint density at radius 1 is 0.571 bits per heavy atom. The second kappa shape index (κ2) is 17.1. The lowest BCUT2D eigenvalue weighted by atomic mass is 10.7. The molecule has 0 spiro atoms. The number of rotatable bonds is 15. The molecule has 0 aromatic heterocycles. The van der Waals surface area contributed by atoms with E-state index in [0.29, 0.717) is 52.9 Å². The lowest BCUT2D eigenvalue weighted by Gasteiger charge is -2.07. The minimum Gasteiger partial charge on any atom is -0.432 e. The second-order valence-corrected chi connectivity index (χ2v) is 3.77. The molecule has 0 atom stereocenters. The molecule has 0 rings (SSSR count). The third-order valence-corrected chi connectivity index (χ3v) is 2.13. The van der Waals surface area contributed by atoms with Crippen LogP contribution in [0.1, 0.15) is 0 Å². The van der Waals surface area contributed by atoms with Crippen LogP contribution < -0.4 is 0 Å². The van der Waals surface area contributed by atoms with E-state index in [2.05, 4.69) is 0 Å². The molecule has 0 heterocycles. The molecule has 0 bridgehead atoms. The minimum absolute atomic E-state index is 0.145. The monoisotopic (exact) mass is 310 g/mol. The van der Waals surface area contributed by atoms with Crippen molar-refractivity contribution in [1.29, 1.82) is 0 Å². The molecule has 21 heavy (non-hydrogen) atoms. The van der Waals surface area contributed by atoms with Crippen molar-refractivity contribution in [2.24, 2.45) is 0 Å². The molecule has 0 fully saturated rings. The normalized spacial score (nSPS) is 10.6. The van der Waals surface area contributed by atoms with E-state index in [1.165, 1.54) is 7.11 Å². The Morgan fingerprint density at radius 2 is 0.905 bits per heavy atom. The first-order chi connectivity index (χ1) is 10.3. The predicted octanol–water partition coefficient (Wildman–Crippen LogP) is 0.482. The van der Waals surface area contributed by atoms with Gasteiger partial charge in [0.05, 0.1) is 52.9 Å². The summed E-state index contributed by atoms with van der Waals surface area (Å²) in [5.74, 6) is 0. The first-order valence-electron chi connectivity index (χ1n) is 6.82. The van der Waals surface area contributed by atoms with E-state index >= 15 is 0 Å². The number of carbonyl (C=O) groups is 1. The Hall–Kier alpha value is -0.930. The van der Waals surface area contributed by atoms with E-state index in [4.69, 9.17) is 33.2 Å². The van der Waals surface area contributed by atoms with Crippen LogP contribution in [-0.4, -0.2) is 86.4 Å². The van der Waals surface area contributed by atoms with Crippen molar-refractivity contribution in [3.05, 3.63) is 0 Å². The maximum atomic E-state index is 11.0. The van der Waals surface area contributed by atoms with Gasteiger partial charge in [0.1, 0.15) is 13.2 Å². The van der Waals surface area contributed by atoms with Gasteiger partial charge < -0.3 is 33.2 Å². The smallest absolute Gasteiger partial charge is 0.432 e. The lowest BCUT2D eigenvalue weighted by molar-refractivity contribution is -0.0104. The largest absolute Gasteiger partial charge is 0.508 e. The van der Waals surface area contributed by atoms with Gasteiger partial charge in [-0.25, -0.2) is 4.79 Å². The molecule has 8 heteroatoms. The van der Waals surface area contributed by atoms with Crippen LogP contribution in [0.15, 0.2) is 0 Å². The van der Waals surface area contributed by atoms with Crippen LogP contribution in [0.3, 0.4) is 0 Å².